The van der Waals surface area contributed by atoms with E-state index >= 15 is 0 Å². The Labute approximate surface area is 126 Å². The monoisotopic (exact) mass is 288 g/mol. The summed E-state index contributed by atoms with van der Waals surface area (Å²) in [5.41, 5.74) is 1.12. The van der Waals surface area contributed by atoms with Crippen molar-refractivity contribution < 1.29 is 14.7 Å². The lowest BCUT2D eigenvalue weighted by Crippen LogP contribution is -2.00. The third-order valence-electron chi connectivity index (χ3n) is 3.26. The first-order valence-electron chi connectivity index (χ1n) is 7.52. The summed E-state index contributed by atoms with van der Waals surface area (Å²) in [6.07, 6.45) is 9.11. The maximum atomic E-state index is 11.5. The van der Waals surface area contributed by atoms with Crippen molar-refractivity contribution in [2.45, 2.75) is 51.9 Å². The Hall–Kier alpha value is -1.90. The summed E-state index contributed by atoms with van der Waals surface area (Å²) in [6.45, 7) is 1.52. The van der Waals surface area contributed by atoms with Gasteiger partial charge in [0.15, 0.2) is 0 Å². The predicted octanol–water partition coefficient (Wildman–Crippen LogP) is 3.99. The molecule has 0 saturated heterocycles. The number of carbonyl (C=O) groups excluding carboxylic acids is 2. The number of Topliss-reactive ketones (excluding diaryl/α,β-unsaturated/α-hetero) is 2. The number of aromatic hydroxyl groups is 1. The number of rotatable bonds is 10. The van der Waals surface area contributed by atoms with Crippen LogP contribution in [0.5, 0.6) is 5.75 Å². The number of phenolic OH excluding ortho intramolecular Hbond substituents is 1. The standard InChI is InChI=1S/C18H24O3/c1-15(19)12-13-17(20)10-6-4-2-3-5-8-16-9-7-11-18(21)14-16/h2-3,7,9,11,14,21H,4-6,8,10,12-13H2,1H3/b3-2+. The molecular weight excluding hydrogens is 264 g/mol. The molecular formula is C18H24O3. The minimum Gasteiger partial charge on any atom is -0.508 e. The average molecular weight is 288 g/mol. The molecule has 0 unspecified atom stereocenters. The number of phenols is 1. The number of ketones is 2. The predicted molar refractivity (Wildman–Crippen MR) is 84.3 cm³/mol. The number of carbonyl (C=O) groups is 2. The van der Waals surface area contributed by atoms with Crippen LogP contribution in [-0.2, 0) is 16.0 Å². The molecule has 0 atom stereocenters. The SMILES string of the molecule is CC(=O)CCC(=O)CCC/C=C/CCc1cccc(O)c1. The molecule has 0 heterocycles. The maximum absolute atomic E-state index is 11.5. The smallest absolute Gasteiger partial charge is 0.133 e. The van der Waals surface area contributed by atoms with E-state index in [1.807, 2.05) is 12.1 Å². The summed E-state index contributed by atoms with van der Waals surface area (Å²) in [6, 6.07) is 7.30. The van der Waals surface area contributed by atoms with Gasteiger partial charge in [0.25, 0.3) is 0 Å². The molecule has 0 saturated carbocycles. The lowest BCUT2D eigenvalue weighted by atomic mass is 10.1. The molecule has 1 rings (SSSR count). The Morgan fingerprint density at radius 2 is 1.86 bits per heavy atom. The lowest BCUT2D eigenvalue weighted by Gasteiger charge is -1.99. The van der Waals surface area contributed by atoms with E-state index in [4.69, 9.17) is 0 Å². The molecule has 0 radical (unpaired) electrons. The number of unbranched alkanes of at least 4 members (excludes halogenated alkanes) is 1. The Kier molecular flexibility index (Phi) is 8.10. The van der Waals surface area contributed by atoms with Gasteiger partial charge >= 0.3 is 0 Å². The summed E-state index contributed by atoms with van der Waals surface area (Å²) in [4.78, 5) is 22.2. The normalized spacial score (nSPS) is 10.9. The molecule has 0 bridgehead atoms. The third-order valence-corrected chi connectivity index (χ3v) is 3.26. The van der Waals surface area contributed by atoms with Crippen molar-refractivity contribution in [3.8, 4) is 5.75 Å². The van der Waals surface area contributed by atoms with E-state index in [1.54, 1.807) is 12.1 Å². The third kappa shape index (κ3) is 8.79. The van der Waals surface area contributed by atoms with E-state index in [0.717, 1.165) is 31.2 Å². The van der Waals surface area contributed by atoms with Crippen molar-refractivity contribution in [3.63, 3.8) is 0 Å². The van der Waals surface area contributed by atoms with E-state index in [2.05, 4.69) is 12.2 Å². The Morgan fingerprint density at radius 1 is 1.10 bits per heavy atom. The fraction of sp³-hybridized carbons (Fsp3) is 0.444. The zero-order chi connectivity index (χ0) is 15.5. The molecule has 3 heteroatoms. The first-order chi connectivity index (χ1) is 10.1. The van der Waals surface area contributed by atoms with Gasteiger partial charge in [-0.1, -0.05) is 24.3 Å². The van der Waals surface area contributed by atoms with Gasteiger partial charge in [0, 0.05) is 19.3 Å². The van der Waals surface area contributed by atoms with Crippen molar-refractivity contribution in [2.75, 3.05) is 0 Å². The molecule has 0 aliphatic carbocycles. The van der Waals surface area contributed by atoms with Crippen LogP contribution in [0.2, 0.25) is 0 Å². The topological polar surface area (TPSA) is 54.4 Å². The van der Waals surface area contributed by atoms with Gasteiger partial charge in [0.05, 0.1) is 0 Å². The van der Waals surface area contributed by atoms with Crippen molar-refractivity contribution in [3.05, 3.63) is 42.0 Å². The first kappa shape index (κ1) is 17.2. The van der Waals surface area contributed by atoms with Gasteiger partial charge in [0.2, 0.25) is 0 Å². The van der Waals surface area contributed by atoms with Crippen LogP contribution in [0.1, 0.15) is 51.0 Å². The van der Waals surface area contributed by atoms with Gasteiger partial charge in [0.1, 0.15) is 17.3 Å². The van der Waals surface area contributed by atoms with Crippen molar-refractivity contribution in [1.29, 1.82) is 0 Å². The number of aryl methyl sites for hydroxylation is 1. The summed E-state index contributed by atoms with van der Waals surface area (Å²) < 4.78 is 0. The highest BCUT2D eigenvalue weighted by atomic mass is 16.3. The maximum Gasteiger partial charge on any atom is 0.133 e. The van der Waals surface area contributed by atoms with Crippen molar-refractivity contribution in [2.24, 2.45) is 0 Å². The minimum atomic E-state index is 0.0789. The van der Waals surface area contributed by atoms with Crippen LogP contribution < -0.4 is 0 Å². The van der Waals surface area contributed by atoms with Crippen LogP contribution in [0.15, 0.2) is 36.4 Å². The molecule has 0 spiro atoms. The molecule has 0 aliphatic rings. The van der Waals surface area contributed by atoms with Crippen LogP contribution >= 0.6 is 0 Å². The highest BCUT2D eigenvalue weighted by Crippen LogP contribution is 2.12. The number of hydrogen-bond acceptors (Lipinski definition) is 3. The van der Waals surface area contributed by atoms with Crippen LogP contribution in [0.4, 0.5) is 0 Å². The Morgan fingerprint density at radius 3 is 2.57 bits per heavy atom. The second kappa shape index (κ2) is 9.92. The van der Waals surface area contributed by atoms with E-state index in [9.17, 15) is 14.7 Å². The lowest BCUT2D eigenvalue weighted by molar-refractivity contribution is -0.123. The van der Waals surface area contributed by atoms with Gasteiger partial charge in [-0.3, -0.25) is 4.79 Å². The second-order valence-corrected chi connectivity index (χ2v) is 5.31. The van der Waals surface area contributed by atoms with E-state index < -0.39 is 0 Å². The molecule has 1 N–H and O–H groups in total. The van der Waals surface area contributed by atoms with E-state index in [-0.39, 0.29) is 11.6 Å². The molecule has 21 heavy (non-hydrogen) atoms. The van der Waals surface area contributed by atoms with Gasteiger partial charge < -0.3 is 9.90 Å². The summed E-state index contributed by atoms with van der Waals surface area (Å²) in [5, 5.41) is 9.34. The summed E-state index contributed by atoms with van der Waals surface area (Å²) in [5.74, 6) is 0.564. The number of benzene rings is 1. The fourth-order valence-electron chi connectivity index (χ4n) is 2.06. The van der Waals surface area contributed by atoms with Gasteiger partial charge in [-0.05, 0) is 50.3 Å². The molecule has 0 aromatic heterocycles. The van der Waals surface area contributed by atoms with E-state index in [0.29, 0.717) is 25.0 Å². The quantitative estimate of drug-likeness (QED) is 0.523. The largest absolute Gasteiger partial charge is 0.508 e. The highest BCUT2D eigenvalue weighted by molar-refractivity contribution is 5.84. The van der Waals surface area contributed by atoms with Crippen molar-refractivity contribution >= 4 is 11.6 Å². The van der Waals surface area contributed by atoms with Gasteiger partial charge in [-0.15, -0.1) is 0 Å². The zero-order valence-corrected chi connectivity index (χ0v) is 12.7. The summed E-state index contributed by atoms with van der Waals surface area (Å²) >= 11 is 0. The fourth-order valence-corrected chi connectivity index (χ4v) is 2.06. The number of allylic oxidation sites excluding steroid dienone is 2. The minimum absolute atomic E-state index is 0.0789. The number of hydrogen-bond donors (Lipinski definition) is 1. The second-order valence-electron chi connectivity index (χ2n) is 5.31. The van der Waals surface area contributed by atoms with Crippen molar-refractivity contribution in [1.82, 2.24) is 0 Å². The summed E-state index contributed by atoms with van der Waals surface area (Å²) in [7, 11) is 0. The molecule has 3 nitrogen and oxygen atoms in total. The zero-order valence-electron chi connectivity index (χ0n) is 12.7. The molecule has 0 aliphatic heterocycles. The average Bonchev–Trinajstić information content (AvgIpc) is 2.44. The molecule has 1 aromatic carbocycles. The van der Waals surface area contributed by atoms with Gasteiger partial charge in [-0.25, -0.2) is 0 Å². The van der Waals surface area contributed by atoms with Gasteiger partial charge in [-0.2, -0.15) is 0 Å². The van der Waals surface area contributed by atoms with Crippen LogP contribution in [0.25, 0.3) is 0 Å². The molecule has 0 amide bonds. The Bertz CT molecular complexity index is 489. The molecule has 114 valence electrons. The Balaban J connectivity index is 2.07. The van der Waals surface area contributed by atoms with Crippen LogP contribution in [-0.4, -0.2) is 16.7 Å². The van der Waals surface area contributed by atoms with Crippen LogP contribution in [0.3, 0.4) is 0 Å². The molecule has 0 fully saturated rings. The van der Waals surface area contributed by atoms with Crippen LogP contribution in [0, 0.1) is 0 Å². The van der Waals surface area contributed by atoms with E-state index in [1.165, 1.54) is 6.92 Å². The first-order valence-corrected chi connectivity index (χ1v) is 7.52. The highest BCUT2D eigenvalue weighted by Gasteiger charge is 2.02. The molecule has 1 aromatic rings.